The second-order valence-corrected chi connectivity index (χ2v) is 7.14. The molecule has 2 heterocycles. The zero-order valence-corrected chi connectivity index (χ0v) is 12.8. The van der Waals surface area contributed by atoms with E-state index in [9.17, 15) is 13.2 Å². The highest BCUT2D eigenvalue weighted by Crippen LogP contribution is 2.26. The average Bonchev–Trinajstić information content (AvgIpc) is 2.85. The molecule has 4 N–H and O–H groups in total. The number of fused-ring (bicyclic) bond motifs is 1. The fraction of sp³-hybridized carbons (Fsp3) is 0.400. The normalized spacial score (nSPS) is 12.8. The van der Waals surface area contributed by atoms with Crippen molar-refractivity contribution in [3.63, 3.8) is 0 Å². The highest BCUT2D eigenvalue weighted by molar-refractivity contribution is 7.89. The highest BCUT2D eigenvalue weighted by atomic mass is 32.2. The summed E-state index contributed by atoms with van der Waals surface area (Å²) < 4.78 is 28.7. The van der Waals surface area contributed by atoms with Gasteiger partial charge in [0.2, 0.25) is 5.91 Å². The number of sulfonamides is 1. The summed E-state index contributed by atoms with van der Waals surface area (Å²) in [6.07, 6.45) is 1.60. The van der Waals surface area contributed by atoms with E-state index >= 15 is 0 Å². The zero-order valence-electron chi connectivity index (χ0n) is 11.2. The number of rotatable bonds is 5. The minimum Gasteiger partial charge on any atom is -0.371 e. The Bertz CT molecular complexity index is 759. The number of nitrogens with one attached hydrogen (secondary N) is 2. The van der Waals surface area contributed by atoms with E-state index in [2.05, 4.69) is 15.0 Å². The lowest BCUT2D eigenvalue weighted by atomic mass is 10.1. The molecule has 110 valence electrons. The Labute approximate surface area is 120 Å². The predicted molar refractivity (Wildman–Crippen MR) is 76.2 cm³/mol. The maximum atomic E-state index is 12.5. The number of imidazole rings is 1. The van der Waals surface area contributed by atoms with E-state index in [1.807, 2.05) is 0 Å². The molecule has 0 saturated carbocycles. The van der Waals surface area contributed by atoms with Crippen LogP contribution in [0, 0.1) is 0 Å². The van der Waals surface area contributed by atoms with Gasteiger partial charge in [-0.15, -0.1) is 11.3 Å². The van der Waals surface area contributed by atoms with Crippen molar-refractivity contribution >= 4 is 38.0 Å². The molecule has 0 fully saturated rings. The van der Waals surface area contributed by atoms with Crippen LogP contribution in [0.25, 0.3) is 4.96 Å². The van der Waals surface area contributed by atoms with E-state index in [1.165, 1.54) is 29.6 Å². The summed E-state index contributed by atoms with van der Waals surface area (Å²) in [5.74, 6) is -0.553. The number of amides is 1. The van der Waals surface area contributed by atoms with Gasteiger partial charge in [-0.3, -0.25) is 9.20 Å². The molecule has 0 saturated heterocycles. The third-order valence-corrected chi connectivity index (χ3v) is 5.15. The first-order valence-corrected chi connectivity index (χ1v) is 8.02. The van der Waals surface area contributed by atoms with Gasteiger partial charge in [0.25, 0.3) is 10.0 Å². The molecule has 20 heavy (non-hydrogen) atoms. The van der Waals surface area contributed by atoms with Gasteiger partial charge in [-0.05, 0) is 13.8 Å². The van der Waals surface area contributed by atoms with Gasteiger partial charge in [0.05, 0.1) is 0 Å². The Morgan fingerprint density at radius 2 is 2.15 bits per heavy atom. The van der Waals surface area contributed by atoms with E-state index in [1.54, 1.807) is 18.6 Å². The molecule has 8 nitrogen and oxygen atoms in total. The average molecular weight is 317 g/mol. The minimum absolute atomic E-state index is 0.0504. The third kappa shape index (κ3) is 2.37. The third-order valence-electron chi connectivity index (χ3n) is 2.72. The largest absolute Gasteiger partial charge is 0.371 e. The van der Waals surface area contributed by atoms with Crippen LogP contribution in [0.5, 0.6) is 0 Å². The van der Waals surface area contributed by atoms with Crippen molar-refractivity contribution in [1.82, 2.24) is 14.1 Å². The molecule has 10 heteroatoms. The summed E-state index contributed by atoms with van der Waals surface area (Å²) in [5.41, 5.74) is 3.79. The molecule has 0 spiro atoms. The maximum Gasteiger partial charge on any atom is 0.261 e. The van der Waals surface area contributed by atoms with E-state index < -0.39 is 21.5 Å². The summed E-state index contributed by atoms with van der Waals surface area (Å²) in [6.45, 7) is 2.80. The van der Waals surface area contributed by atoms with Crippen LogP contribution < -0.4 is 15.8 Å². The second-order valence-electron chi connectivity index (χ2n) is 4.67. The van der Waals surface area contributed by atoms with Gasteiger partial charge in [0, 0.05) is 18.6 Å². The SMILES string of the molecule is CNc1nc2sccn2c1S(=O)(=O)NC(C)(C)C(N)=O. The Morgan fingerprint density at radius 1 is 1.50 bits per heavy atom. The number of hydrogen-bond donors (Lipinski definition) is 3. The summed E-state index contributed by atoms with van der Waals surface area (Å²) in [4.78, 5) is 16.0. The van der Waals surface area contributed by atoms with Gasteiger partial charge in [-0.2, -0.15) is 4.72 Å². The summed E-state index contributed by atoms with van der Waals surface area (Å²) in [5, 5.41) is 4.40. The monoisotopic (exact) mass is 317 g/mol. The van der Waals surface area contributed by atoms with Gasteiger partial charge >= 0.3 is 0 Å². The fourth-order valence-electron chi connectivity index (χ4n) is 1.62. The van der Waals surface area contributed by atoms with Crippen molar-refractivity contribution in [2.45, 2.75) is 24.4 Å². The molecule has 0 aliphatic heterocycles. The fourth-order valence-corrected chi connectivity index (χ4v) is 4.07. The van der Waals surface area contributed by atoms with Crippen molar-refractivity contribution < 1.29 is 13.2 Å². The van der Waals surface area contributed by atoms with E-state index in [0.717, 1.165) is 0 Å². The number of aromatic nitrogens is 2. The molecular formula is C10H15N5O3S2. The van der Waals surface area contributed by atoms with Crippen LogP contribution in [0.2, 0.25) is 0 Å². The van der Waals surface area contributed by atoms with Crippen molar-refractivity contribution in [3.05, 3.63) is 11.6 Å². The Kier molecular flexibility index (Phi) is 3.48. The van der Waals surface area contributed by atoms with Crippen LogP contribution in [0.15, 0.2) is 16.6 Å². The molecule has 0 aromatic carbocycles. The van der Waals surface area contributed by atoms with Gasteiger partial charge in [0.1, 0.15) is 5.54 Å². The van der Waals surface area contributed by atoms with E-state index in [-0.39, 0.29) is 10.8 Å². The highest BCUT2D eigenvalue weighted by Gasteiger charge is 2.35. The van der Waals surface area contributed by atoms with Gasteiger partial charge in [-0.25, -0.2) is 13.4 Å². The first-order valence-electron chi connectivity index (χ1n) is 5.66. The molecule has 2 rings (SSSR count). The first kappa shape index (κ1) is 14.8. The van der Waals surface area contributed by atoms with Crippen molar-refractivity contribution in [1.29, 1.82) is 0 Å². The van der Waals surface area contributed by atoms with Crippen molar-refractivity contribution in [3.8, 4) is 0 Å². The Balaban J connectivity index is 2.57. The van der Waals surface area contributed by atoms with Crippen LogP contribution in [0.3, 0.4) is 0 Å². The number of hydrogen-bond acceptors (Lipinski definition) is 6. The standard InChI is InChI=1S/C10H15N5O3S2/c1-10(2,8(11)16)14-20(17,18)7-6(12-3)13-9-15(7)4-5-19-9/h4-5,12,14H,1-3H3,(H2,11,16). The molecular weight excluding hydrogens is 302 g/mol. The van der Waals surface area contributed by atoms with Crippen molar-refractivity contribution in [2.24, 2.45) is 5.73 Å². The molecule has 0 bridgehead atoms. The van der Waals surface area contributed by atoms with Crippen LogP contribution in [0.4, 0.5) is 5.82 Å². The number of anilines is 1. The van der Waals surface area contributed by atoms with Crippen molar-refractivity contribution in [2.75, 3.05) is 12.4 Å². The number of thiazole rings is 1. The van der Waals surface area contributed by atoms with Crippen LogP contribution in [-0.4, -0.2) is 36.3 Å². The number of carbonyl (C=O) groups excluding carboxylic acids is 1. The number of carbonyl (C=O) groups is 1. The zero-order chi connectivity index (χ0) is 15.1. The van der Waals surface area contributed by atoms with E-state index in [4.69, 9.17) is 5.73 Å². The van der Waals surface area contributed by atoms with Crippen LogP contribution >= 0.6 is 11.3 Å². The molecule has 1 amide bonds. The summed E-state index contributed by atoms with van der Waals surface area (Å²) in [7, 11) is -2.39. The molecule has 2 aromatic rings. The Morgan fingerprint density at radius 3 is 2.70 bits per heavy atom. The van der Waals surface area contributed by atoms with Gasteiger partial charge in [-0.1, -0.05) is 0 Å². The second kappa shape index (κ2) is 4.72. The maximum absolute atomic E-state index is 12.5. The lowest BCUT2D eigenvalue weighted by molar-refractivity contribution is -0.122. The number of nitrogens with two attached hydrogens (primary N) is 1. The molecule has 0 aliphatic rings. The van der Waals surface area contributed by atoms with Crippen LogP contribution in [0.1, 0.15) is 13.8 Å². The molecule has 0 unspecified atom stereocenters. The smallest absolute Gasteiger partial charge is 0.261 e. The lowest BCUT2D eigenvalue weighted by Crippen LogP contribution is -2.53. The van der Waals surface area contributed by atoms with Crippen LogP contribution in [-0.2, 0) is 14.8 Å². The number of nitrogens with zero attached hydrogens (tertiary/aromatic N) is 2. The van der Waals surface area contributed by atoms with E-state index in [0.29, 0.717) is 4.96 Å². The molecule has 2 aromatic heterocycles. The summed E-state index contributed by atoms with van der Waals surface area (Å²) >= 11 is 1.31. The quantitative estimate of drug-likeness (QED) is 0.716. The molecule has 0 aliphatic carbocycles. The Hall–Kier alpha value is -1.65. The predicted octanol–water partition coefficient (Wildman–Crippen LogP) is -0.0203. The van der Waals surface area contributed by atoms with Gasteiger partial charge < -0.3 is 11.1 Å². The molecule has 0 radical (unpaired) electrons. The lowest BCUT2D eigenvalue weighted by Gasteiger charge is -2.21. The topological polar surface area (TPSA) is 119 Å². The first-order chi connectivity index (χ1) is 9.19. The molecule has 0 atom stereocenters. The van der Waals surface area contributed by atoms with Gasteiger partial charge in [0.15, 0.2) is 15.8 Å². The minimum atomic E-state index is -3.97. The number of primary amides is 1. The summed E-state index contributed by atoms with van der Waals surface area (Å²) in [6, 6.07) is 0.